The summed E-state index contributed by atoms with van der Waals surface area (Å²) in [5.74, 6) is -3.73. The third kappa shape index (κ3) is 4.01. The highest BCUT2D eigenvalue weighted by molar-refractivity contribution is 5.96. The lowest BCUT2D eigenvalue weighted by Gasteiger charge is -2.21. The van der Waals surface area contributed by atoms with Crippen LogP contribution in [0.25, 0.3) is 0 Å². The molecule has 4 nitrogen and oxygen atoms in total. The minimum atomic E-state index is -1.21. The average molecular weight is 270 g/mol. The summed E-state index contributed by atoms with van der Waals surface area (Å²) in [4.78, 5) is 24.1. The SMILES string of the molecule is CCCCN(CC(N)=O)C(=O)c1cccc(F)c1F. The number of rotatable bonds is 6. The summed E-state index contributed by atoms with van der Waals surface area (Å²) >= 11 is 0. The van der Waals surface area contributed by atoms with Crippen LogP contribution in [0, 0.1) is 11.6 Å². The number of hydrogen-bond acceptors (Lipinski definition) is 2. The van der Waals surface area contributed by atoms with Gasteiger partial charge in [-0.1, -0.05) is 19.4 Å². The zero-order valence-corrected chi connectivity index (χ0v) is 10.7. The summed E-state index contributed by atoms with van der Waals surface area (Å²) < 4.78 is 26.6. The number of unbranched alkanes of at least 4 members (excludes halogenated alkanes) is 1. The van der Waals surface area contributed by atoms with Gasteiger partial charge in [0.25, 0.3) is 5.91 Å². The van der Waals surface area contributed by atoms with Gasteiger partial charge in [0.15, 0.2) is 11.6 Å². The Balaban J connectivity index is 2.97. The quantitative estimate of drug-likeness (QED) is 0.855. The van der Waals surface area contributed by atoms with Crippen LogP contribution in [0.5, 0.6) is 0 Å². The van der Waals surface area contributed by atoms with Gasteiger partial charge in [-0.15, -0.1) is 0 Å². The van der Waals surface area contributed by atoms with E-state index < -0.39 is 29.0 Å². The molecule has 6 heteroatoms. The third-order valence-corrected chi connectivity index (χ3v) is 2.60. The van der Waals surface area contributed by atoms with Gasteiger partial charge in [0.2, 0.25) is 5.91 Å². The molecule has 0 saturated carbocycles. The Morgan fingerprint density at radius 2 is 2.00 bits per heavy atom. The highest BCUT2D eigenvalue weighted by Crippen LogP contribution is 2.14. The Labute approximate surface area is 110 Å². The summed E-state index contributed by atoms with van der Waals surface area (Å²) in [6.07, 6.45) is 1.45. The smallest absolute Gasteiger partial charge is 0.257 e. The Hall–Kier alpha value is -1.98. The predicted octanol–water partition coefficient (Wildman–Crippen LogP) is 1.69. The molecule has 0 aliphatic heterocycles. The van der Waals surface area contributed by atoms with Gasteiger partial charge in [0.1, 0.15) is 0 Å². The van der Waals surface area contributed by atoms with Gasteiger partial charge in [-0.2, -0.15) is 0 Å². The molecule has 0 unspecified atom stereocenters. The number of benzene rings is 1. The van der Waals surface area contributed by atoms with Crippen LogP contribution in [-0.2, 0) is 4.79 Å². The maximum Gasteiger partial charge on any atom is 0.257 e. The number of amides is 2. The van der Waals surface area contributed by atoms with Crippen LogP contribution < -0.4 is 5.73 Å². The Kier molecular flexibility index (Phi) is 5.41. The zero-order valence-electron chi connectivity index (χ0n) is 10.7. The Bertz CT molecular complexity index is 478. The highest BCUT2D eigenvalue weighted by atomic mass is 19.2. The fourth-order valence-corrected chi connectivity index (χ4v) is 1.63. The largest absolute Gasteiger partial charge is 0.368 e. The van der Waals surface area contributed by atoms with E-state index in [1.165, 1.54) is 12.1 Å². The summed E-state index contributed by atoms with van der Waals surface area (Å²) in [5, 5.41) is 0. The molecule has 0 aromatic heterocycles. The van der Waals surface area contributed by atoms with E-state index in [-0.39, 0.29) is 13.1 Å². The number of nitrogens with zero attached hydrogens (tertiary/aromatic N) is 1. The number of carbonyl (C=O) groups excluding carboxylic acids is 2. The molecule has 1 rings (SSSR count). The van der Waals surface area contributed by atoms with Crippen molar-refractivity contribution in [3.8, 4) is 0 Å². The van der Waals surface area contributed by atoms with Gasteiger partial charge in [-0.3, -0.25) is 9.59 Å². The van der Waals surface area contributed by atoms with Crippen molar-refractivity contribution >= 4 is 11.8 Å². The van der Waals surface area contributed by atoms with E-state index in [9.17, 15) is 18.4 Å². The molecule has 0 spiro atoms. The number of nitrogens with two attached hydrogens (primary N) is 1. The summed E-state index contributed by atoms with van der Waals surface area (Å²) in [5.41, 5.74) is 4.66. The lowest BCUT2D eigenvalue weighted by atomic mass is 10.1. The second kappa shape index (κ2) is 6.82. The Morgan fingerprint density at radius 1 is 1.32 bits per heavy atom. The first-order valence-corrected chi connectivity index (χ1v) is 5.99. The first kappa shape index (κ1) is 15.1. The van der Waals surface area contributed by atoms with Gasteiger partial charge in [0, 0.05) is 6.54 Å². The van der Waals surface area contributed by atoms with E-state index in [2.05, 4.69) is 0 Å². The molecule has 1 aromatic carbocycles. The number of halogens is 2. The monoisotopic (exact) mass is 270 g/mol. The van der Waals surface area contributed by atoms with Crippen molar-refractivity contribution in [1.29, 1.82) is 0 Å². The molecule has 19 heavy (non-hydrogen) atoms. The highest BCUT2D eigenvalue weighted by Gasteiger charge is 2.21. The van der Waals surface area contributed by atoms with E-state index >= 15 is 0 Å². The lowest BCUT2D eigenvalue weighted by molar-refractivity contribution is -0.118. The third-order valence-electron chi connectivity index (χ3n) is 2.60. The molecule has 1 aromatic rings. The molecule has 2 N–H and O–H groups in total. The van der Waals surface area contributed by atoms with Crippen molar-refractivity contribution in [1.82, 2.24) is 4.90 Å². The van der Waals surface area contributed by atoms with Crippen LogP contribution in [0.15, 0.2) is 18.2 Å². The first-order chi connectivity index (χ1) is 8.97. The van der Waals surface area contributed by atoms with Crippen molar-refractivity contribution in [3.63, 3.8) is 0 Å². The summed E-state index contributed by atoms with van der Waals surface area (Å²) in [6.45, 7) is 1.87. The average Bonchev–Trinajstić information content (AvgIpc) is 2.36. The summed E-state index contributed by atoms with van der Waals surface area (Å²) in [7, 11) is 0. The van der Waals surface area contributed by atoms with Gasteiger partial charge < -0.3 is 10.6 Å². The number of primary amides is 1. The van der Waals surface area contributed by atoms with Crippen LogP contribution in [0.3, 0.4) is 0 Å². The summed E-state index contributed by atoms with van der Waals surface area (Å²) in [6, 6.07) is 3.35. The first-order valence-electron chi connectivity index (χ1n) is 5.99. The molecule has 0 aliphatic carbocycles. The fraction of sp³-hybridized carbons (Fsp3) is 0.385. The normalized spacial score (nSPS) is 10.3. The lowest BCUT2D eigenvalue weighted by Crippen LogP contribution is -2.39. The minimum Gasteiger partial charge on any atom is -0.368 e. The van der Waals surface area contributed by atoms with Crippen molar-refractivity contribution in [2.45, 2.75) is 19.8 Å². The van der Waals surface area contributed by atoms with E-state index in [1.54, 1.807) is 0 Å². The van der Waals surface area contributed by atoms with Gasteiger partial charge in [-0.05, 0) is 18.6 Å². The molecular formula is C13H16F2N2O2. The Morgan fingerprint density at radius 3 is 2.58 bits per heavy atom. The second-order valence-corrected chi connectivity index (χ2v) is 4.15. The minimum absolute atomic E-state index is 0.272. The van der Waals surface area contributed by atoms with Crippen molar-refractivity contribution in [2.75, 3.05) is 13.1 Å². The van der Waals surface area contributed by atoms with Gasteiger partial charge >= 0.3 is 0 Å². The van der Waals surface area contributed by atoms with Crippen molar-refractivity contribution in [3.05, 3.63) is 35.4 Å². The number of carbonyl (C=O) groups is 2. The van der Waals surface area contributed by atoms with Crippen molar-refractivity contribution < 1.29 is 18.4 Å². The fourth-order valence-electron chi connectivity index (χ4n) is 1.63. The molecule has 0 radical (unpaired) electrons. The maximum absolute atomic E-state index is 13.5. The molecule has 0 heterocycles. The molecular weight excluding hydrogens is 254 g/mol. The molecule has 0 fully saturated rings. The van der Waals surface area contributed by atoms with E-state index in [4.69, 9.17) is 5.73 Å². The van der Waals surface area contributed by atoms with E-state index in [0.717, 1.165) is 17.4 Å². The van der Waals surface area contributed by atoms with Gasteiger partial charge in [-0.25, -0.2) is 8.78 Å². The molecule has 0 bridgehead atoms. The molecule has 104 valence electrons. The second-order valence-electron chi connectivity index (χ2n) is 4.15. The number of hydrogen-bond donors (Lipinski definition) is 1. The van der Waals surface area contributed by atoms with Crippen LogP contribution in [0.2, 0.25) is 0 Å². The van der Waals surface area contributed by atoms with Crippen LogP contribution >= 0.6 is 0 Å². The molecule has 0 saturated heterocycles. The molecule has 2 amide bonds. The standard InChI is InChI=1S/C13H16F2N2O2/c1-2-3-7-17(8-11(16)18)13(19)9-5-4-6-10(14)12(9)15/h4-6H,2-3,7-8H2,1H3,(H2,16,18). The van der Waals surface area contributed by atoms with Gasteiger partial charge in [0.05, 0.1) is 12.1 Å². The predicted molar refractivity (Wildman–Crippen MR) is 66.4 cm³/mol. The van der Waals surface area contributed by atoms with E-state index in [0.29, 0.717) is 6.42 Å². The zero-order chi connectivity index (χ0) is 14.4. The topological polar surface area (TPSA) is 63.4 Å². The maximum atomic E-state index is 13.5. The molecule has 0 atom stereocenters. The van der Waals surface area contributed by atoms with Crippen molar-refractivity contribution in [2.24, 2.45) is 5.73 Å². The van der Waals surface area contributed by atoms with E-state index in [1.807, 2.05) is 6.92 Å². The van der Waals surface area contributed by atoms with Crippen LogP contribution in [0.1, 0.15) is 30.1 Å². The van der Waals surface area contributed by atoms with Crippen LogP contribution in [0.4, 0.5) is 8.78 Å². The van der Waals surface area contributed by atoms with Crippen LogP contribution in [-0.4, -0.2) is 29.8 Å². The molecule has 0 aliphatic rings.